The van der Waals surface area contributed by atoms with Crippen molar-refractivity contribution < 1.29 is 28.5 Å². The van der Waals surface area contributed by atoms with Crippen molar-refractivity contribution in [2.75, 3.05) is 7.11 Å². The van der Waals surface area contributed by atoms with Gasteiger partial charge in [0.05, 0.1) is 7.11 Å². The van der Waals surface area contributed by atoms with Crippen LogP contribution in [0.2, 0.25) is 0 Å². The molecule has 0 aromatic carbocycles. The van der Waals surface area contributed by atoms with E-state index in [1.54, 1.807) is 0 Å². The minimum atomic E-state index is -3.07. The Morgan fingerprint density at radius 2 is 2.20 bits per heavy atom. The highest BCUT2D eigenvalue weighted by Gasteiger charge is 2.23. The zero-order valence-corrected chi connectivity index (χ0v) is 7.57. The molecule has 0 bridgehead atoms. The topological polar surface area (TPSA) is 79.7 Å². The summed E-state index contributed by atoms with van der Waals surface area (Å²) < 4.78 is 29.2. The number of carboxylic acid groups (broad SMARTS) is 1. The first kappa shape index (κ1) is 11.2. The fourth-order valence-electron chi connectivity index (χ4n) is 0.953. The van der Waals surface area contributed by atoms with E-state index in [9.17, 15) is 18.7 Å². The number of pyridine rings is 1. The summed E-state index contributed by atoms with van der Waals surface area (Å²) in [6, 6.07) is 0.865. The molecule has 82 valence electrons. The summed E-state index contributed by atoms with van der Waals surface area (Å²) in [5.41, 5.74) is -1.68. The van der Waals surface area contributed by atoms with Gasteiger partial charge in [-0.2, -0.15) is 0 Å². The molecule has 0 amide bonds. The summed E-state index contributed by atoms with van der Waals surface area (Å²) in [6.07, 6.45) is -3.07. The normalized spacial score (nSPS) is 10.4. The number of ether oxygens (including phenoxy) is 1. The number of alkyl halides is 2. The van der Waals surface area contributed by atoms with E-state index in [1.807, 2.05) is 0 Å². The summed E-state index contributed by atoms with van der Waals surface area (Å²) in [6.45, 7) is 0. The number of aromatic carboxylic acids is 1. The van der Waals surface area contributed by atoms with E-state index in [0.717, 1.165) is 13.2 Å². The van der Waals surface area contributed by atoms with Gasteiger partial charge in [-0.25, -0.2) is 18.6 Å². The zero-order valence-electron chi connectivity index (χ0n) is 7.57. The third-order valence-electron chi connectivity index (χ3n) is 1.64. The first-order chi connectivity index (χ1) is 6.97. The highest BCUT2D eigenvalue weighted by Crippen LogP contribution is 2.31. The maximum absolute atomic E-state index is 12.3. The Labute approximate surface area is 82.9 Å². The minimum absolute atomic E-state index is 0.291. The van der Waals surface area contributed by atoms with Crippen molar-refractivity contribution in [2.24, 2.45) is 0 Å². The molecule has 0 aliphatic carbocycles. The summed E-state index contributed by atoms with van der Waals surface area (Å²) >= 11 is 0. The fraction of sp³-hybridized carbons (Fsp3) is 0.250. The molecule has 0 radical (unpaired) electrons. The highest BCUT2D eigenvalue weighted by atomic mass is 19.3. The number of halogens is 2. The molecular formula is C8H7F2NO4. The second kappa shape index (κ2) is 4.07. The minimum Gasteiger partial charge on any atom is -0.505 e. The van der Waals surface area contributed by atoms with Crippen LogP contribution in [0.15, 0.2) is 6.07 Å². The molecule has 0 saturated carbocycles. The van der Waals surface area contributed by atoms with Gasteiger partial charge in [-0.3, -0.25) is 0 Å². The standard InChI is InChI=1S/C8H7F2NO4/c1-15-4-2-3(8(13)14)6(12)5(11-4)7(9)10/h2,7,12H,1H3,(H,13,14). The number of nitrogens with zero attached hydrogens (tertiary/aromatic N) is 1. The number of hydrogen-bond acceptors (Lipinski definition) is 4. The average Bonchev–Trinajstić information content (AvgIpc) is 2.17. The number of carbonyl (C=O) groups is 1. The molecule has 1 rings (SSSR count). The van der Waals surface area contributed by atoms with E-state index in [2.05, 4.69) is 9.72 Å². The second-order valence-corrected chi connectivity index (χ2v) is 2.55. The molecular weight excluding hydrogens is 212 g/mol. The van der Waals surface area contributed by atoms with Crippen molar-refractivity contribution >= 4 is 5.97 Å². The lowest BCUT2D eigenvalue weighted by Gasteiger charge is -2.07. The maximum atomic E-state index is 12.3. The number of aromatic hydroxyl groups is 1. The Hall–Kier alpha value is -1.92. The van der Waals surface area contributed by atoms with Crippen molar-refractivity contribution in [3.05, 3.63) is 17.3 Å². The van der Waals surface area contributed by atoms with Crippen molar-refractivity contribution in [1.29, 1.82) is 0 Å². The first-order valence-electron chi connectivity index (χ1n) is 3.76. The molecule has 7 heteroatoms. The van der Waals surface area contributed by atoms with E-state index >= 15 is 0 Å². The van der Waals surface area contributed by atoms with Gasteiger partial charge in [-0.05, 0) is 0 Å². The number of methoxy groups -OCH3 is 1. The van der Waals surface area contributed by atoms with Crippen molar-refractivity contribution in [3.8, 4) is 11.6 Å². The number of rotatable bonds is 3. The Morgan fingerprint density at radius 3 is 2.60 bits per heavy atom. The van der Waals surface area contributed by atoms with Gasteiger partial charge in [0.15, 0.2) is 11.4 Å². The Balaban J connectivity index is 3.40. The van der Waals surface area contributed by atoms with Crippen LogP contribution in [0.4, 0.5) is 8.78 Å². The lowest BCUT2D eigenvalue weighted by molar-refractivity contribution is 0.0691. The molecule has 1 aromatic rings. The SMILES string of the molecule is COc1cc(C(=O)O)c(O)c(C(F)F)n1. The van der Waals surface area contributed by atoms with Crippen LogP contribution in [-0.2, 0) is 0 Å². The van der Waals surface area contributed by atoms with Crippen LogP contribution in [0.1, 0.15) is 22.5 Å². The maximum Gasteiger partial charge on any atom is 0.339 e. The zero-order chi connectivity index (χ0) is 11.6. The van der Waals surface area contributed by atoms with Gasteiger partial charge in [0.1, 0.15) is 5.56 Å². The van der Waals surface area contributed by atoms with Gasteiger partial charge in [0.25, 0.3) is 6.43 Å². The van der Waals surface area contributed by atoms with Gasteiger partial charge in [-0.15, -0.1) is 0 Å². The van der Waals surface area contributed by atoms with Crippen LogP contribution >= 0.6 is 0 Å². The van der Waals surface area contributed by atoms with Crippen LogP contribution in [0.5, 0.6) is 11.6 Å². The van der Waals surface area contributed by atoms with Crippen molar-refractivity contribution in [3.63, 3.8) is 0 Å². The van der Waals surface area contributed by atoms with Crippen LogP contribution in [0.25, 0.3) is 0 Å². The Kier molecular flexibility index (Phi) is 3.03. The molecule has 15 heavy (non-hydrogen) atoms. The van der Waals surface area contributed by atoms with Crippen LogP contribution in [-0.4, -0.2) is 28.3 Å². The molecule has 1 aromatic heterocycles. The summed E-state index contributed by atoms with van der Waals surface area (Å²) in [4.78, 5) is 13.8. The molecule has 0 saturated heterocycles. The van der Waals surface area contributed by atoms with Gasteiger partial charge in [0.2, 0.25) is 5.88 Å². The lowest BCUT2D eigenvalue weighted by atomic mass is 10.2. The lowest BCUT2D eigenvalue weighted by Crippen LogP contribution is -2.03. The smallest absolute Gasteiger partial charge is 0.339 e. The molecule has 0 spiro atoms. The first-order valence-corrected chi connectivity index (χ1v) is 3.76. The van der Waals surface area contributed by atoms with Crippen LogP contribution in [0.3, 0.4) is 0 Å². The molecule has 0 unspecified atom stereocenters. The molecule has 0 atom stereocenters. The van der Waals surface area contributed by atoms with Gasteiger partial charge >= 0.3 is 5.97 Å². The Morgan fingerprint density at radius 1 is 1.60 bits per heavy atom. The van der Waals surface area contributed by atoms with Crippen LogP contribution in [0, 0.1) is 0 Å². The average molecular weight is 219 g/mol. The quantitative estimate of drug-likeness (QED) is 0.803. The predicted molar refractivity (Wildman–Crippen MR) is 44.4 cm³/mol. The van der Waals surface area contributed by atoms with E-state index in [4.69, 9.17) is 5.11 Å². The van der Waals surface area contributed by atoms with Gasteiger partial charge in [0, 0.05) is 6.07 Å². The third-order valence-corrected chi connectivity index (χ3v) is 1.64. The van der Waals surface area contributed by atoms with Gasteiger partial charge in [-0.1, -0.05) is 0 Å². The van der Waals surface area contributed by atoms with E-state index in [1.165, 1.54) is 0 Å². The number of aromatic nitrogens is 1. The van der Waals surface area contributed by atoms with Crippen molar-refractivity contribution in [1.82, 2.24) is 4.98 Å². The summed E-state index contributed by atoms with van der Waals surface area (Å²) in [5.74, 6) is -2.87. The fourth-order valence-corrected chi connectivity index (χ4v) is 0.953. The van der Waals surface area contributed by atoms with E-state index in [0.29, 0.717) is 0 Å². The molecule has 0 fully saturated rings. The second-order valence-electron chi connectivity index (χ2n) is 2.55. The number of hydrogen-bond donors (Lipinski definition) is 2. The molecule has 5 nitrogen and oxygen atoms in total. The molecule has 0 aliphatic rings. The molecule has 2 N–H and O–H groups in total. The predicted octanol–water partition coefficient (Wildman–Crippen LogP) is 1.43. The molecule has 0 aliphatic heterocycles. The van der Waals surface area contributed by atoms with Crippen LogP contribution < -0.4 is 4.74 Å². The largest absolute Gasteiger partial charge is 0.505 e. The monoisotopic (exact) mass is 219 g/mol. The third kappa shape index (κ3) is 2.12. The van der Waals surface area contributed by atoms with Crippen molar-refractivity contribution in [2.45, 2.75) is 6.43 Å². The van der Waals surface area contributed by atoms with E-state index < -0.39 is 29.4 Å². The summed E-state index contributed by atoms with van der Waals surface area (Å²) in [5, 5.41) is 17.8. The summed E-state index contributed by atoms with van der Waals surface area (Å²) in [7, 11) is 1.15. The number of carboxylic acids is 1. The van der Waals surface area contributed by atoms with E-state index in [-0.39, 0.29) is 5.88 Å². The van der Waals surface area contributed by atoms with Gasteiger partial charge < -0.3 is 14.9 Å². The Bertz CT molecular complexity index is 394. The highest BCUT2D eigenvalue weighted by molar-refractivity contribution is 5.91. The molecule has 1 heterocycles.